The molecular formula is C39H48FN3O6. The van der Waals surface area contributed by atoms with Crippen molar-refractivity contribution < 1.29 is 33.0 Å². The normalized spacial score (nSPS) is 23.3. The molecule has 0 unspecified atom stereocenters. The molecule has 4 aliphatic rings. The monoisotopic (exact) mass is 673 g/mol. The molecule has 2 aromatic carbocycles. The molecule has 262 valence electrons. The fourth-order valence-corrected chi connectivity index (χ4v) is 8.06. The van der Waals surface area contributed by atoms with E-state index in [0.717, 1.165) is 36.0 Å². The summed E-state index contributed by atoms with van der Waals surface area (Å²) < 4.78 is 33.2. The summed E-state index contributed by atoms with van der Waals surface area (Å²) in [6.45, 7) is 12.5. The quantitative estimate of drug-likeness (QED) is 0.310. The average Bonchev–Trinajstić information content (AvgIpc) is 3.74. The van der Waals surface area contributed by atoms with Crippen molar-refractivity contribution >= 4 is 18.0 Å². The Hall–Kier alpha value is -3.97. The number of rotatable bonds is 6. The van der Waals surface area contributed by atoms with Crippen LogP contribution in [0, 0.1) is 29.0 Å². The number of benzene rings is 2. The highest BCUT2D eigenvalue weighted by atomic mass is 19.1. The molecule has 2 aromatic rings. The van der Waals surface area contributed by atoms with Crippen LogP contribution in [0.15, 0.2) is 36.4 Å². The number of fused-ring (bicyclic) bond motifs is 4. The maximum absolute atomic E-state index is 15.6. The molecule has 10 heteroatoms. The molecule has 2 saturated heterocycles. The fourth-order valence-electron chi connectivity index (χ4n) is 8.06. The number of Topliss-reactive ketones (excluding diaryl/α,β-unsaturated/α-hetero) is 1. The van der Waals surface area contributed by atoms with E-state index in [-0.39, 0.29) is 36.7 Å². The van der Waals surface area contributed by atoms with Crippen LogP contribution in [-0.4, -0.2) is 64.1 Å². The van der Waals surface area contributed by atoms with E-state index in [1.54, 1.807) is 36.6 Å². The minimum Gasteiger partial charge on any atom is -0.444 e. The van der Waals surface area contributed by atoms with Gasteiger partial charge in [0.1, 0.15) is 17.0 Å². The van der Waals surface area contributed by atoms with Crippen LogP contribution in [0.1, 0.15) is 96.8 Å². The average molecular weight is 674 g/mol. The SMILES string of the molecule is CC(C)(C)OC(=O)N1CCC2(CC1)OCc1ccc(-c3ccc(C[C@@H](C#N)CC(=O)[C@@H]4[C@H]5CC[C@H](C5)N4C(=O)OC(C)(C)C)c(F)c3)cc12. The minimum absolute atomic E-state index is 0.0231. The molecule has 0 aromatic heterocycles. The second kappa shape index (κ2) is 13.1. The van der Waals surface area contributed by atoms with Gasteiger partial charge in [-0.25, -0.2) is 14.0 Å². The van der Waals surface area contributed by atoms with E-state index in [4.69, 9.17) is 14.2 Å². The topological polar surface area (TPSA) is 109 Å². The van der Waals surface area contributed by atoms with E-state index >= 15 is 4.39 Å². The van der Waals surface area contributed by atoms with Crippen LogP contribution in [0.25, 0.3) is 11.1 Å². The van der Waals surface area contributed by atoms with Gasteiger partial charge in [0.05, 0.1) is 30.2 Å². The van der Waals surface area contributed by atoms with E-state index < -0.39 is 40.7 Å². The lowest BCUT2D eigenvalue weighted by atomic mass is 9.82. The first-order chi connectivity index (χ1) is 23.1. The van der Waals surface area contributed by atoms with Gasteiger partial charge in [0.2, 0.25) is 0 Å². The third-order valence-electron chi connectivity index (χ3n) is 10.3. The maximum Gasteiger partial charge on any atom is 0.411 e. The van der Waals surface area contributed by atoms with Crippen molar-refractivity contribution in [1.82, 2.24) is 9.80 Å². The zero-order valence-corrected chi connectivity index (χ0v) is 29.5. The summed E-state index contributed by atoms with van der Waals surface area (Å²) in [7, 11) is 0. The van der Waals surface area contributed by atoms with Gasteiger partial charge in [-0.15, -0.1) is 0 Å². The number of ketones is 1. The summed E-state index contributed by atoms with van der Waals surface area (Å²) >= 11 is 0. The van der Waals surface area contributed by atoms with Gasteiger partial charge < -0.3 is 19.1 Å². The Bertz CT molecular complexity index is 1660. The number of halogens is 1. The Labute approximate surface area is 288 Å². The molecule has 49 heavy (non-hydrogen) atoms. The van der Waals surface area contributed by atoms with E-state index in [2.05, 4.69) is 12.1 Å². The predicted molar refractivity (Wildman–Crippen MR) is 181 cm³/mol. The van der Waals surface area contributed by atoms with E-state index in [9.17, 15) is 19.6 Å². The Kier molecular flexibility index (Phi) is 9.29. The lowest BCUT2D eigenvalue weighted by Gasteiger charge is -2.39. The second-order valence-electron chi connectivity index (χ2n) is 16.2. The molecule has 1 aliphatic carbocycles. The molecule has 2 bridgehead atoms. The highest BCUT2D eigenvalue weighted by Gasteiger charge is 2.52. The third kappa shape index (κ3) is 7.33. The van der Waals surface area contributed by atoms with Gasteiger partial charge in [-0.2, -0.15) is 5.26 Å². The lowest BCUT2D eigenvalue weighted by Crippen LogP contribution is -2.51. The number of amides is 2. The highest BCUT2D eigenvalue weighted by Crippen LogP contribution is 2.46. The van der Waals surface area contributed by atoms with Crippen molar-refractivity contribution in [2.75, 3.05) is 13.1 Å². The lowest BCUT2D eigenvalue weighted by molar-refractivity contribution is -0.126. The molecule has 2 amide bonds. The number of likely N-dealkylation sites (tertiary alicyclic amines) is 2. The molecular weight excluding hydrogens is 625 g/mol. The first kappa shape index (κ1) is 34.9. The van der Waals surface area contributed by atoms with Crippen molar-refractivity contribution in [3.8, 4) is 17.2 Å². The van der Waals surface area contributed by atoms with Crippen LogP contribution in [0.2, 0.25) is 0 Å². The van der Waals surface area contributed by atoms with E-state index in [1.165, 1.54) is 6.07 Å². The number of piperidine rings is 2. The number of hydrogen-bond acceptors (Lipinski definition) is 7. The van der Waals surface area contributed by atoms with Gasteiger partial charge in [-0.1, -0.05) is 24.3 Å². The smallest absolute Gasteiger partial charge is 0.411 e. The first-order valence-electron chi connectivity index (χ1n) is 17.5. The summed E-state index contributed by atoms with van der Waals surface area (Å²) in [6, 6.07) is 12.7. The van der Waals surface area contributed by atoms with Crippen molar-refractivity contribution in [2.24, 2.45) is 11.8 Å². The summed E-state index contributed by atoms with van der Waals surface area (Å²) in [5.41, 5.74) is 2.35. The Morgan fingerprint density at radius 3 is 2.29 bits per heavy atom. The van der Waals surface area contributed by atoms with Crippen LogP contribution in [-0.2, 0) is 37.6 Å². The molecule has 3 heterocycles. The predicted octanol–water partition coefficient (Wildman–Crippen LogP) is 7.68. The molecule has 9 nitrogen and oxygen atoms in total. The van der Waals surface area contributed by atoms with Gasteiger partial charge in [-0.3, -0.25) is 9.69 Å². The molecule has 0 N–H and O–H groups in total. The zero-order chi connectivity index (χ0) is 35.3. The van der Waals surface area contributed by atoms with Crippen LogP contribution in [0.5, 0.6) is 0 Å². The van der Waals surface area contributed by atoms with Gasteiger partial charge >= 0.3 is 12.2 Å². The fraction of sp³-hybridized carbons (Fsp3) is 0.590. The van der Waals surface area contributed by atoms with E-state index in [1.807, 2.05) is 39.0 Å². The maximum atomic E-state index is 15.6. The number of hydrogen-bond donors (Lipinski definition) is 0. The minimum atomic E-state index is -0.726. The van der Waals surface area contributed by atoms with Crippen LogP contribution in [0.3, 0.4) is 0 Å². The molecule has 6 rings (SSSR count). The van der Waals surface area contributed by atoms with Crippen LogP contribution < -0.4 is 0 Å². The highest BCUT2D eigenvalue weighted by molar-refractivity contribution is 5.89. The summed E-state index contributed by atoms with van der Waals surface area (Å²) in [5, 5.41) is 10.00. The molecule has 4 atom stereocenters. The third-order valence-corrected chi connectivity index (χ3v) is 10.3. The number of ether oxygens (including phenoxy) is 3. The molecule has 1 saturated carbocycles. The number of carbonyl (C=O) groups is 3. The zero-order valence-electron chi connectivity index (χ0n) is 29.5. The summed E-state index contributed by atoms with van der Waals surface area (Å²) in [6.07, 6.45) is 3.00. The van der Waals surface area contributed by atoms with Crippen LogP contribution in [0.4, 0.5) is 14.0 Å². The number of nitriles is 1. The Morgan fingerprint density at radius 2 is 1.63 bits per heavy atom. The standard InChI is InChI=1S/C39H48FN3O6/c1-37(2,3)48-35(45)42-15-13-39(14-16-42)31-20-25(8-10-29(31)23-47-39)26-7-9-27(32(40)21-26)17-24(22-41)18-33(44)34-28-11-12-30(19-28)43(34)36(46)49-38(4,5)6/h7-10,20-21,24,28,30,34H,11-19,23H2,1-6H3/t24-,28+,30-,34+/m1/s1. The van der Waals surface area contributed by atoms with Crippen molar-refractivity contribution in [3.63, 3.8) is 0 Å². The van der Waals surface area contributed by atoms with Crippen molar-refractivity contribution in [2.45, 2.75) is 122 Å². The van der Waals surface area contributed by atoms with Gasteiger partial charge in [0, 0.05) is 25.6 Å². The largest absolute Gasteiger partial charge is 0.444 e. The number of nitrogens with zero attached hydrogens (tertiary/aromatic N) is 3. The summed E-state index contributed by atoms with van der Waals surface area (Å²) in [4.78, 5) is 42.6. The number of carbonyl (C=O) groups excluding carboxylic acids is 3. The molecule has 3 fully saturated rings. The molecule has 0 radical (unpaired) electrons. The van der Waals surface area contributed by atoms with E-state index in [0.29, 0.717) is 43.7 Å². The molecule has 3 aliphatic heterocycles. The molecule has 1 spiro atoms. The second-order valence-corrected chi connectivity index (χ2v) is 16.2. The van der Waals surface area contributed by atoms with Crippen molar-refractivity contribution in [3.05, 3.63) is 58.9 Å². The first-order valence-corrected chi connectivity index (χ1v) is 17.5. The van der Waals surface area contributed by atoms with Gasteiger partial charge in [0.15, 0.2) is 5.78 Å². The Morgan fingerprint density at radius 1 is 0.980 bits per heavy atom. The van der Waals surface area contributed by atoms with Gasteiger partial charge in [0.25, 0.3) is 0 Å². The summed E-state index contributed by atoms with van der Waals surface area (Å²) in [5.74, 6) is -1.25. The van der Waals surface area contributed by atoms with Gasteiger partial charge in [-0.05, 0) is 126 Å². The van der Waals surface area contributed by atoms with Crippen LogP contribution >= 0.6 is 0 Å². The van der Waals surface area contributed by atoms with Crippen molar-refractivity contribution in [1.29, 1.82) is 5.26 Å². The Balaban J connectivity index is 1.12.